The van der Waals surface area contributed by atoms with Gasteiger partial charge in [-0.1, -0.05) is 112 Å². The fourth-order valence-corrected chi connectivity index (χ4v) is 10.2. The van der Waals surface area contributed by atoms with E-state index in [2.05, 4.69) is 26.1 Å². The lowest BCUT2D eigenvalue weighted by Crippen LogP contribution is -2.68. The van der Waals surface area contributed by atoms with Gasteiger partial charge in [0.1, 0.15) is 12.2 Å². The van der Waals surface area contributed by atoms with Crippen molar-refractivity contribution in [3.8, 4) is 0 Å². The maximum atomic E-state index is 13.4. The lowest BCUT2D eigenvalue weighted by molar-refractivity contribution is -0.134. The van der Waals surface area contributed by atoms with Crippen molar-refractivity contribution >= 4 is 36.8 Å². The van der Waals surface area contributed by atoms with Crippen LogP contribution in [0.4, 0.5) is 9.59 Å². The molecule has 1 aliphatic heterocycles. The van der Waals surface area contributed by atoms with Gasteiger partial charge in [0.05, 0.1) is 18.7 Å². The summed E-state index contributed by atoms with van der Waals surface area (Å²) in [7, 11) is -3.12. The van der Waals surface area contributed by atoms with Crippen molar-refractivity contribution in [2.45, 2.75) is 77.0 Å². The topological polar surface area (TPSA) is 114 Å². The number of nitrogens with one attached hydrogen (secondary N) is 1. The third-order valence-electron chi connectivity index (χ3n) is 7.55. The minimum atomic E-state index is -3.12. The lowest BCUT2D eigenvalue weighted by atomic mass is 10.1. The Kier molecular flexibility index (Phi) is 9.97. The van der Waals surface area contributed by atoms with Crippen LogP contribution in [0.15, 0.2) is 91.0 Å². The minimum Gasteiger partial charge on any atom is -0.445 e. The number of likely N-dealkylation sites (tertiary alicyclic amines) is 1. The van der Waals surface area contributed by atoms with Crippen LogP contribution in [0.1, 0.15) is 47.1 Å². The summed E-state index contributed by atoms with van der Waals surface area (Å²) in [6.07, 6.45) is -3.49. The number of aliphatic hydroxyl groups excluding tert-OH is 1. The van der Waals surface area contributed by atoms with E-state index in [1.165, 1.54) is 0 Å². The highest BCUT2D eigenvalue weighted by atomic mass is 28.4. The van der Waals surface area contributed by atoms with Crippen molar-refractivity contribution in [1.29, 1.82) is 0 Å². The summed E-state index contributed by atoms with van der Waals surface area (Å²) in [6, 6.07) is 26.7. The zero-order valence-electron chi connectivity index (χ0n) is 26.2. The third kappa shape index (κ3) is 7.20. The summed E-state index contributed by atoms with van der Waals surface area (Å²) in [5.74, 6) is -0.886. The van der Waals surface area contributed by atoms with Gasteiger partial charge in [-0.25, -0.2) is 14.5 Å². The van der Waals surface area contributed by atoms with Gasteiger partial charge < -0.3 is 24.3 Å². The number of ether oxygens (including phenoxy) is 2. The Balaban J connectivity index is 1.71. The van der Waals surface area contributed by atoms with Crippen molar-refractivity contribution in [3.05, 3.63) is 96.6 Å². The number of hydrogen-bond acceptors (Lipinski definition) is 7. The summed E-state index contributed by atoms with van der Waals surface area (Å²) >= 11 is 0. The summed E-state index contributed by atoms with van der Waals surface area (Å²) < 4.78 is 18.0. The molecule has 9 nitrogen and oxygen atoms in total. The number of aliphatic hydroxyl groups is 1. The van der Waals surface area contributed by atoms with Gasteiger partial charge in [-0.3, -0.25) is 4.79 Å². The molecule has 3 amide bonds. The van der Waals surface area contributed by atoms with E-state index in [-0.39, 0.29) is 13.2 Å². The van der Waals surface area contributed by atoms with Crippen LogP contribution in [-0.4, -0.2) is 66.8 Å². The van der Waals surface area contributed by atoms with Crippen LogP contribution in [0.25, 0.3) is 0 Å². The number of carbonyl (C=O) groups is 3. The Morgan fingerprint density at radius 3 is 1.82 bits per heavy atom. The zero-order chi connectivity index (χ0) is 32.1. The molecular formula is C34H42N2O7Si. The molecule has 1 aliphatic rings. The van der Waals surface area contributed by atoms with Crippen LogP contribution in [0.3, 0.4) is 0 Å². The van der Waals surface area contributed by atoms with E-state index in [0.29, 0.717) is 0 Å². The van der Waals surface area contributed by atoms with Crippen molar-refractivity contribution < 1.29 is 33.4 Å². The fraction of sp³-hybridized carbons (Fsp3) is 0.382. The van der Waals surface area contributed by atoms with Gasteiger partial charge in [0.15, 0.2) is 6.10 Å². The van der Waals surface area contributed by atoms with Crippen molar-refractivity contribution in [2.24, 2.45) is 0 Å². The highest BCUT2D eigenvalue weighted by Gasteiger charge is 2.55. The molecule has 3 atom stereocenters. The molecule has 0 radical (unpaired) electrons. The third-order valence-corrected chi connectivity index (χ3v) is 12.6. The molecule has 0 bridgehead atoms. The molecule has 0 saturated carbocycles. The quantitative estimate of drug-likeness (QED) is 0.361. The first-order valence-electron chi connectivity index (χ1n) is 14.7. The highest BCUT2D eigenvalue weighted by molar-refractivity contribution is 6.99. The van der Waals surface area contributed by atoms with Crippen molar-refractivity contribution in [1.82, 2.24) is 10.2 Å². The smallest absolute Gasteiger partial charge is 0.417 e. The predicted molar refractivity (Wildman–Crippen MR) is 170 cm³/mol. The van der Waals surface area contributed by atoms with E-state index in [1.807, 2.05) is 91.0 Å². The molecule has 0 unspecified atom stereocenters. The molecule has 234 valence electrons. The number of carbonyl (C=O) groups excluding carboxylic acids is 3. The first-order valence-corrected chi connectivity index (χ1v) is 16.6. The van der Waals surface area contributed by atoms with Crippen LogP contribution in [-0.2, 0) is 25.3 Å². The summed E-state index contributed by atoms with van der Waals surface area (Å²) in [4.78, 5) is 40.7. The maximum absolute atomic E-state index is 13.4. The Morgan fingerprint density at radius 1 is 0.841 bits per heavy atom. The number of imide groups is 1. The molecule has 10 heteroatoms. The second kappa shape index (κ2) is 13.3. The average Bonchev–Trinajstić information content (AvgIpc) is 3.21. The van der Waals surface area contributed by atoms with Gasteiger partial charge in [-0.2, -0.15) is 0 Å². The molecule has 0 aromatic heterocycles. The Labute approximate surface area is 260 Å². The Hall–Kier alpha value is -3.99. The maximum Gasteiger partial charge on any atom is 0.417 e. The van der Waals surface area contributed by atoms with Gasteiger partial charge >= 0.3 is 12.2 Å². The molecule has 0 aliphatic carbocycles. The number of alkyl carbamates (subject to hydrolysis) is 1. The van der Waals surface area contributed by atoms with Gasteiger partial charge in [-0.15, -0.1) is 0 Å². The second-order valence-electron chi connectivity index (χ2n) is 12.9. The predicted octanol–water partition coefficient (Wildman–Crippen LogP) is 4.36. The van der Waals surface area contributed by atoms with E-state index >= 15 is 0 Å². The van der Waals surface area contributed by atoms with Crippen LogP contribution in [0, 0.1) is 0 Å². The minimum absolute atomic E-state index is 0.0115. The summed E-state index contributed by atoms with van der Waals surface area (Å²) in [5.41, 5.74) is -0.140. The molecule has 4 rings (SSSR count). The monoisotopic (exact) mass is 618 g/mol. The molecule has 1 heterocycles. The van der Waals surface area contributed by atoms with Crippen LogP contribution >= 0.6 is 0 Å². The normalized spacial score (nSPS) is 19.0. The van der Waals surface area contributed by atoms with Gasteiger partial charge in [0, 0.05) is 0 Å². The number of hydrogen-bond donors (Lipinski definition) is 2. The lowest BCUT2D eigenvalue weighted by Gasteiger charge is -2.44. The first kappa shape index (κ1) is 32.9. The SMILES string of the molecule is CC(C)(C)OC(=O)N1C(=O)[C@@H](O)[C@@H](NC(=O)OCc2ccccc2)[C@@H]1CO[Si](c1ccccc1)(c1ccccc1)C(C)(C)C. The Bertz CT molecular complexity index is 1380. The number of benzene rings is 3. The molecule has 3 aromatic carbocycles. The number of rotatable bonds is 8. The van der Waals surface area contributed by atoms with Crippen LogP contribution < -0.4 is 15.7 Å². The number of amides is 3. The van der Waals surface area contributed by atoms with Crippen molar-refractivity contribution in [2.75, 3.05) is 6.61 Å². The standard InChI is InChI=1S/C34H42N2O7Si/c1-33(2,3)43-32(40)36-27(28(29(37)30(36)38)35-31(39)41-22-24-16-10-7-11-17-24)23-42-44(34(4,5)6,25-18-12-8-13-19-25)26-20-14-9-15-21-26/h7-21,27-29,37H,22-23H2,1-6H3,(H,35,39)/t27-,28-,29-/m0/s1. The molecular weight excluding hydrogens is 576 g/mol. The fourth-order valence-electron chi connectivity index (χ4n) is 5.59. The molecule has 0 spiro atoms. The van der Waals surface area contributed by atoms with E-state index in [4.69, 9.17) is 13.9 Å². The Morgan fingerprint density at radius 2 is 1.34 bits per heavy atom. The van der Waals surface area contributed by atoms with E-state index in [1.54, 1.807) is 20.8 Å². The average molecular weight is 619 g/mol. The zero-order valence-corrected chi connectivity index (χ0v) is 27.2. The van der Waals surface area contributed by atoms with E-state index in [9.17, 15) is 19.5 Å². The van der Waals surface area contributed by atoms with Gasteiger partial charge in [0.2, 0.25) is 0 Å². The highest BCUT2D eigenvalue weighted by Crippen LogP contribution is 2.37. The summed E-state index contributed by atoms with van der Waals surface area (Å²) in [5, 5.41) is 15.3. The van der Waals surface area contributed by atoms with Crippen LogP contribution in [0.5, 0.6) is 0 Å². The number of nitrogens with zero attached hydrogens (tertiary/aromatic N) is 1. The first-order chi connectivity index (χ1) is 20.7. The molecule has 2 N–H and O–H groups in total. The van der Waals surface area contributed by atoms with Crippen LogP contribution in [0.2, 0.25) is 5.04 Å². The molecule has 3 aromatic rings. The summed E-state index contributed by atoms with van der Waals surface area (Å²) in [6.45, 7) is 11.2. The van der Waals surface area contributed by atoms with E-state index < -0.39 is 55.2 Å². The van der Waals surface area contributed by atoms with Crippen molar-refractivity contribution in [3.63, 3.8) is 0 Å². The largest absolute Gasteiger partial charge is 0.445 e. The van der Waals surface area contributed by atoms with Gasteiger partial charge in [-0.05, 0) is 41.7 Å². The van der Waals surface area contributed by atoms with E-state index in [0.717, 1.165) is 20.8 Å². The second-order valence-corrected chi connectivity index (χ2v) is 17.2. The van der Waals surface area contributed by atoms with Gasteiger partial charge in [0.25, 0.3) is 14.2 Å². The molecule has 1 fully saturated rings. The molecule has 1 saturated heterocycles. The molecule has 44 heavy (non-hydrogen) atoms.